The number of thiazole rings is 1. The smallest absolute Gasteiger partial charge is 0.101 e. The maximum Gasteiger partial charge on any atom is 0.101 e. The summed E-state index contributed by atoms with van der Waals surface area (Å²) in [6.07, 6.45) is -0.349. The van der Waals surface area contributed by atoms with Crippen molar-refractivity contribution in [3.63, 3.8) is 0 Å². The molecule has 0 amide bonds. The largest absolute Gasteiger partial charge is 0.386 e. The maximum absolute atomic E-state index is 10.2. The van der Waals surface area contributed by atoms with Crippen molar-refractivity contribution in [1.29, 1.82) is 0 Å². The van der Waals surface area contributed by atoms with E-state index in [9.17, 15) is 5.11 Å². The van der Waals surface area contributed by atoms with Gasteiger partial charge in [0.25, 0.3) is 0 Å². The fraction of sp³-hybridized carbons (Fsp3) is 0.533. The number of piperazine rings is 1. The van der Waals surface area contributed by atoms with Crippen LogP contribution in [0.2, 0.25) is 0 Å². The Bertz CT molecular complexity index is 547. The zero-order valence-electron chi connectivity index (χ0n) is 12.2. The van der Waals surface area contributed by atoms with E-state index in [0.717, 1.165) is 49.2 Å². The molecule has 114 valence electrons. The highest BCUT2D eigenvalue weighted by Gasteiger charge is 2.20. The van der Waals surface area contributed by atoms with Gasteiger partial charge in [-0.05, 0) is 18.4 Å². The van der Waals surface area contributed by atoms with Gasteiger partial charge in [-0.15, -0.1) is 22.7 Å². The minimum absolute atomic E-state index is 0.349. The molecular weight excluding hydrogens is 302 g/mol. The van der Waals surface area contributed by atoms with E-state index in [1.54, 1.807) is 22.7 Å². The van der Waals surface area contributed by atoms with Crippen LogP contribution in [0.25, 0.3) is 0 Å². The van der Waals surface area contributed by atoms with Gasteiger partial charge in [0.1, 0.15) is 6.10 Å². The third kappa shape index (κ3) is 4.11. The number of hydrogen-bond acceptors (Lipinski definition) is 6. The average molecular weight is 323 g/mol. The third-order valence-electron chi connectivity index (χ3n) is 3.82. The van der Waals surface area contributed by atoms with Crippen LogP contribution in [0.5, 0.6) is 0 Å². The van der Waals surface area contributed by atoms with Crippen LogP contribution < -0.4 is 0 Å². The second-order valence-corrected chi connectivity index (χ2v) is 7.51. The molecule has 0 saturated carbocycles. The summed E-state index contributed by atoms with van der Waals surface area (Å²) >= 11 is 3.35. The van der Waals surface area contributed by atoms with Crippen LogP contribution in [-0.4, -0.2) is 52.6 Å². The van der Waals surface area contributed by atoms with E-state index >= 15 is 0 Å². The highest BCUT2D eigenvalue weighted by atomic mass is 32.1. The van der Waals surface area contributed by atoms with Crippen molar-refractivity contribution in [2.45, 2.75) is 19.6 Å². The lowest BCUT2D eigenvalue weighted by Gasteiger charge is -2.35. The molecule has 0 aliphatic carbocycles. The molecule has 0 aromatic carbocycles. The lowest BCUT2D eigenvalue weighted by atomic mass is 10.2. The zero-order chi connectivity index (χ0) is 14.7. The molecule has 0 spiro atoms. The predicted octanol–water partition coefficient (Wildman–Crippen LogP) is 2.36. The molecule has 0 bridgehead atoms. The van der Waals surface area contributed by atoms with Crippen molar-refractivity contribution in [1.82, 2.24) is 14.8 Å². The summed E-state index contributed by atoms with van der Waals surface area (Å²) in [5.41, 5.74) is 1.18. The first-order chi connectivity index (χ1) is 10.2. The van der Waals surface area contributed by atoms with E-state index in [0.29, 0.717) is 0 Å². The molecule has 1 atom stereocenters. The van der Waals surface area contributed by atoms with Crippen molar-refractivity contribution >= 4 is 22.7 Å². The molecule has 1 fully saturated rings. The van der Waals surface area contributed by atoms with Crippen LogP contribution in [0.15, 0.2) is 22.9 Å². The van der Waals surface area contributed by atoms with Crippen LogP contribution in [0.4, 0.5) is 0 Å². The molecule has 2 aromatic rings. The van der Waals surface area contributed by atoms with Crippen LogP contribution in [0.1, 0.15) is 21.7 Å². The number of aryl methyl sites for hydroxylation is 1. The van der Waals surface area contributed by atoms with Crippen LogP contribution >= 0.6 is 22.7 Å². The molecule has 1 saturated heterocycles. The Labute approximate surface area is 133 Å². The minimum atomic E-state index is -0.349. The summed E-state index contributed by atoms with van der Waals surface area (Å²) in [6.45, 7) is 7.88. The molecule has 3 heterocycles. The lowest BCUT2D eigenvalue weighted by Crippen LogP contribution is -2.47. The molecule has 3 rings (SSSR count). The van der Waals surface area contributed by atoms with Crippen molar-refractivity contribution in [2.75, 3.05) is 32.7 Å². The standard InChI is InChI=1S/C15H21N3OS2/c1-12-16-13(11-21-12)9-17-4-6-18(7-5-17)10-14(19)15-3-2-8-20-15/h2-3,8,11,14,19H,4-7,9-10H2,1H3. The first-order valence-corrected chi connectivity index (χ1v) is 9.04. The predicted molar refractivity (Wildman–Crippen MR) is 87.8 cm³/mol. The fourth-order valence-corrected chi connectivity index (χ4v) is 3.96. The summed E-state index contributed by atoms with van der Waals surface area (Å²) in [5.74, 6) is 0. The Balaban J connectivity index is 1.44. The first kappa shape index (κ1) is 15.1. The van der Waals surface area contributed by atoms with Gasteiger partial charge in [-0.2, -0.15) is 0 Å². The molecule has 2 aromatic heterocycles. The van der Waals surface area contributed by atoms with Gasteiger partial charge in [-0.25, -0.2) is 4.98 Å². The summed E-state index contributed by atoms with van der Waals surface area (Å²) < 4.78 is 0. The van der Waals surface area contributed by atoms with Gasteiger partial charge in [0, 0.05) is 49.5 Å². The number of hydrogen-bond donors (Lipinski definition) is 1. The Morgan fingerprint density at radius 3 is 2.62 bits per heavy atom. The van der Waals surface area contributed by atoms with E-state index in [-0.39, 0.29) is 6.10 Å². The number of thiophene rings is 1. The molecule has 1 N–H and O–H groups in total. The topological polar surface area (TPSA) is 39.6 Å². The molecule has 1 aliphatic heterocycles. The Morgan fingerprint density at radius 2 is 2.00 bits per heavy atom. The van der Waals surface area contributed by atoms with Gasteiger partial charge in [0.05, 0.1) is 10.7 Å². The van der Waals surface area contributed by atoms with E-state index < -0.39 is 0 Å². The minimum Gasteiger partial charge on any atom is -0.386 e. The van der Waals surface area contributed by atoms with Crippen molar-refractivity contribution in [3.05, 3.63) is 38.5 Å². The highest BCUT2D eigenvalue weighted by molar-refractivity contribution is 7.10. The van der Waals surface area contributed by atoms with Crippen molar-refractivity contribution < 1.29 is 5.11 Å². The molecule has 6 heteroatoms. The Kier molecular flexibility index (Phi) is 5.03. The SMILES string of the molecule is Cc1nc(CN2CCN(CC(O)c3cccs3)CC2)cs1. The number of nitrogens with zero attached hydrogens (tertiary/aromatic N) is 3. The molecule has 0 radical (unpaired) electrons. The van der Waals surface area contributed by atoms with Crippen LogP contribution in [0, 0.1) is 6.92 Å². The van der Waals surface area contributed by atoms with Gasteiger partial charge in [-0.1, -0.05) is 6.07 Å². The second-order valence-electron chi connectivity index (χ2n) is 5.47. The van der Waals surface area contributed by atoms with Gasteiger partial charge < -0.3 is 5.11 Å². The number of β-amino-alcohol motifs (C(OH)–C–C–N with tert-alkyl or cyclic N) is 1. The van der Waals surface area contributed by atoms with E-state index in [2.05, 4.69) is 27.1 Å². The van der Waals surface area contributed by atoms with Gasteiger partial charge in [0.2, 0.25) is 0 Å². The molecule has 1 aliphatic rings. The number of rotatable bonds is 5. The van der Waals surface area contributed by atoms with Crippen LogP contribution in [-0.2, 0) is 6.54 Å². The summed E-state index contributed by atoms with van der Waals surface area (Å²) in [7, 11) is 0. The molecule has 4 nitrogen and oxygen atoms in total. The Morgan fingerprint density at radius 1 is 1.24 bits per heavy atom. The van der Waals surface area contributed by atoms with E-state index in [1.165, 1.54) is 5.69 Å². The average Bonchev–Trinajstić information content (AvgIpc) is 3.13. The normalized spacial score (nSPS) is 19.0. The summed E-state index contributed by atoms with van der Waals surface area (Å²) in [5, 5.41) is 15.5. The monoisotopic (exact) mass is 323 g/mol. The summed E-state index contributed by atoms with van der Waals surface area (Å²) in [6, 6.07) is 4.01. The zero-order valence-corrected chi connectivity index (χ0v) is 13.9. The van der Waals surface area contributed by atoms with E-state index in [4.69, 9.17) is 0 Å². The second kappa shape index (κ2) is 6.98. The van der Waals surface area contributed by atoms with Crippen LogP contribution in [0.3, 0.4) is 0 Å². The first-order valence-electron chi connectivity index (χ1n) is 7.28. The van der Waals surface area contributed by atoms with Gasteiger partial charge in [0.15, 0.2) is 0 Å². The molecular formula is C15H21N3OS2. The number of aromatic nitrogens is 1. The Hall–Kier alpha value is -0.790. The van der Waals surface area contributed by atoms with Gasteiger partial charge >= 0.3 is 0 Å². The number of aliphatic hydroxyl groups is 1. The van der Waals surface area contributed by atoms with E-state index in [1.807, 2.05) is 17.5 Å². The third-order valence-corrected chi connectivity index (χ3v) is 5.62. The van der Waals surface area contributed by atoms with Crippen molar-refractivity contribution in [3.8, 4) is 0 Å². The highest BCUT2D eigenvalue weighted by Crippen LogP contribution is 2.20. The fourth-order valence-electron chi connectivity index (χ4n) is 2.66. The molecule has 21 heavy (non-hydrogen) atoms. The maximum atomic E-state index is 10.2. The van der Waals surface area contributed by atoms with Crippen molar-refractivity contribution in [2.24, 2.45) is 0 Å². The molecule has 1 unspecified atom stereocenters. The quantitative estimate of drug-likeness (QED) is 0.917. The lowest BCUT2D eigenvalue weighted by molar-refractivity contribution is 0.0712. The number of aliphatic hydroxyl groups excluding tert-OH is 1. The summed E-state index contributed by atoms with van der Waals surface area (Å²) in [4.78, 5) is 10.4. The van der Waals surface area contributed by atoms with Gasteiger partial charge in [-0.3, -0.25) is 9.80 Å².